The number of aromatic nitrogens is 6. The van der Waals surface area contributed by atoms with E-state index in [-0.39, 0.29) is 11.0 Å². The average Bonchev–Trinajstić information content (AvgIpc) is 3.09. The molecule has 0 radical (unpaired) electrons. The van der Waals surface area contributed by atoms with Crippen LogP contribution in [-0.4, -0.2) is 47.8 Å². The van der Waals surface area contributed by atoms with Crippen LogP contribution >= 0.6 is 0 Å². The van der Waals surface area contributed by atoms with Gasteiger partial charge in [-0.3, -0.25) is 4.79 Å². The van der Waals surface area contributed by atoms with E-state index in [1.54, 1.807) is 21.6 Å². The highest BCUT2D eigenvalue weighted by Gasteiger charge is 2.21. The van der Waals surface area contributed by atoms with Gasteiger partial charge >= 0.3 is 0 Å². The van der Waals surface area contributed by atoms with Crippen LogP contribution in [-0.2, 0) is 24.9 Å². The van der Waals surface area contributed by atoms with E-state index in [0.717, 1.165) is 30.9 Å². The first kappa shape index (κ1) is 22.9. The van der Waals surface area contributed by atoms with Crippen LogP contribution in [0.2, 0.25) is 0 Å². The van der Waals surface area contributed by atoms with Crippen LogP contribution in [0.4, 0.5) is 11.8 Å². The maximum Gasteiger partial charge on any atom is 0.278 e. The summed E-state index contributed by atoms with van der Waals surface area (Å²) in [6.45, 7) is 12.3. The molecule has 0 saturated heterocycles. The first-order valence-electron chi connectivity index (χ1n) is 11.8. The Hall–Kier alpha value is -3.85. The lowest BCUT2D eigenvalue weighted by Gasteiger charge is -2.24. The lowest BCUT2D eigenvalue weighted by atomic mass is 9.92. The Labute approximate surface area is 204 Å². The number of hydrogen-bond acceptors (Lipinski definition) is 7. The van der Waals surface area contributed by atoms with Crippen LogP contribution in [0.3, 0.4) is 0 Å². The zero-order chi connectivity index (χ0) is 24.7. The Morgan fingerprint density at radius 3 is 2.74 bits per heavy atom. The van der Waals surface area contributed by atoms with Gasteiger partial charge in [0.2, 0.25) is 5.95 Å². The smallest absolute Gasteiger partial charge is 0.278 e. The average molecular weight is 471 g/mol. The molecule has 5 heterocycles. The van der Waals surface area contributed by atoms with Gasteiger partial charge < -0.3 is 10.2 Å². The minimum atomic E-state index is -0.190. The van der Waals surface area contributed by atoms with Crippen molar-refractivity contribution >= 4 is 22.8 Å². The summed E-state index contributed by atoms with van der Waals surface area (Å²) in [5.41, 5.74) is 3.39. The highest BCUT2D eigenvalue weighted by atomic mass is 16.1. The summed E-state index contributed by atoms with van der Waals surface area (Å²) in [6, 6.07) is 9.87. The number of hydrogen-bond donors (Lipinski definition) is 1. The predicted octanol–water partition coefficient (Wildman–Crippen LogP) is 3.59. The topological polar surface area (TPSA) is 93.8 Å². The molecule has 5 rings (SSSR count). The molecule has 0 bridgehead atoms. The molecule has 1 aliphatic rings. The van der Waals surface area contributed by atoms with Crippen molar-refractivity contribution in [2.24, 2.45) is 0 Å². The van der Waals surface area contributed by atoms with Gasteiger partial charge in [-0.15, -0.1) is 6.58 Å². The molecule has 0 aliphatic carbocycles. The lowest BCUT2D eigenvalue weighted by molar-refractivity contribution is 0.308. The summed E-state index contributed by atoms with van der Waals surface area (Å²) in [5.74, 6) is 1.65. The molecule has 0 fully saturated rings. The van der Waals surface area contributed by atoms with Crippen LogP contribution in [0.5, 0.6) is 0 Å². The van der Waals surface area contributed by atoms with E-state index in [0.29, 0.717) is 35.2 Å². The minimum absolute atomic E-state index is 0.142. The van der Waals surface area contributed by atoms with Crippen LogP contribution in [0, 0.1) is 0 Å². The van der Waals surface area contributed by atoms with Crippen molar-refractivity contribution in [3.63, 3.8) is 0 Å². The summed E-state index contributed by atoms with van der Waals surface area (Å²) in [6.07, 6.45) is 4.24. The van der Waals surface area contributed by atoms with Crippen LogP contribution in [0.25, 0.3) is 16.9 Å². The van der Waals surface area contributed by atoms with Gasteiger partial charge in [0.05, 0.1) is 12.2 Å². The van der Waals surface area contributed by atoms with E-state index in [2.05, 4.69) is 55.7 Å². The number of pyridine rings is 2. The number of likely N-dealkylation sites (N-methyl/N-ethyl adjacent to an activating group) is 1. The van der Waals surface area contributed by atoms with Crippen molar-refractivity contribution < 1.29 is 0 Å². The van der Waals surface area contributed by atoms with E-state index >= 15 is 0 Å². The standard InChI is InChI=1S/C26H30N8O/c1-6-13-33-24(35)18-15-27-25(30-21-11-10-17-12-14-32(5)16-19(17)28-21)31-23(18)34(33)22-9-7-8-20(29-22)26(2,3)4/h6-11,15H,1,12-14,16H2,2-5H3,(H,27,28,30,31). The van der Waals surface area contributed by atoms with Crippen molar-refractivity contribution in [3.8, 4) is 5.82 Å². The molecule has 9 heteroatoms. The number of nitrogens with zero attached hydrogens (tertiary/aromatic N) is 7. The highest BCUT2D eigenvalue weighted by Crippen LogP contribution is 2.24. The van der Waals surface area contributed by atoms with Crippen molar-refractivity contribution in [3.05, 3.63) is 76.5 Å². The molecule has 0 unspecified atom stereocenters. The molecule has 0 spiro atoms. The molecule has 180 valence electrons. The first-order valence-corrected chi connectivity index (χ1v) is 11.8. The van der Waals surface area contributed by atoms with Crippen molar-refractivity contribution in [2.75, 3.05) is 18.9 Å². The fraction of sp³-hybridized carbons (Fsp3) is 0.346. The number of fused-ring (bicyclic) bond motifs is 2. The third-order valence-electron chi connectivity index (χ3n) is 6.19. The fourth-order valence-corrected chi connectivity index (χ4v) is 4.29. The van der Waals surface area contributed by atoms with Crippen molar-refractivity contribution in [2.45, 2.75) is 45.7 Å². The minimum Gasteiger partial charge on any atom is -0.309 e. The normalized spacial score (nSPS) is 14.2. The Bertz CT molecular complexity index is 1480. The van der Waals surface area contributed by atoms with E-state index in [4.69, 9.17) is 15.0 Å². The Morgan fingerprint density at radius 1 is 1.14 bits per heavy atom. The quantitative estimate of drug-likeness (QED) is 0.446. The van der Waals surface area contributed by atoms with Gasteiger partial charge in [-0.2, -0.15) is 4.98 Å². The molecule has 0 amide bonds. The van der Waals surface area contributed by atoms with Crippen molar-refractivity contribution in [1.29, 1.82) is 0 Å². The maximum atomic E-state index is 13.2. The number of anilines is 2. The number of nitrogens with one attached hydrogen (secondary N) is 1. The Balaban J connectivity index is 1.60. The summed E-state index contributed by atoms with van der Waals surface area (Å²) >= 11 is 0. The monoisotopic (exact) mass is 470 g/mol. The Kier molecular flexibility index (Phi) is 5.72. The van der Waals surface area contributed by atoms with Crippen LogP contribution in [0.15, 0.2) is 54.0 Å². The van der Waals surface area contributed by atoms with E-state index < -0.39 is 0 Å². The first-order chi connectivity index (χ1) is 16.7. The van der Waals surface area contributed by atoms with Gasteiger partial charge in [-0.1, -0.05) is 39.0 Å². The maximum absolute atomic E-state index is 13.2. The summed E-state index contributed by atoms with van der Waals surface area (Å²) in [4.78, 5) is 34.2. The largest absolute Gasteiger partial charge is 0.309 e. The zero-order valence-corrected chi connectivity index (χ0v) is 20.6. The summed E-state index contributed by atoms with van der Waals surface area (Å²) in [5, 5.41) is 3.64. The van der Waals surface area contributed by atoms with E-state index in [9.17, 15) is 4.79 Å². The second-order valence-corrected chi connectivity index (χ2v) is 9.96. The fourth-order valence-electron chi connectivity index (χ4n) is 4.29. The molecule has 0 saturated carbocycles. The molecule has 4 aromatic rings. The van der Waals surface area contributed by atoms with E-state index in [1.165, 1.54) is 5.56 Å². The molecule has 4 aromatic heterocycles. The third-order valence-corrected chi connectivity index (χ3v) is 6.19. The molecular formula is C26H30N8O. The van der Waals surface area contributed by atoms with Gasteiger partial charge in [-0.25, -0.2) is 24.3 Å². The van der Waals surface area contributed by atoms with Gasteiger partial charge in [0.15, 0.2) is 11.5 Å². The molecule has 1 N–H and O–H groups in total. The Morgan fingerprint density at radius 2 is 1.97 bits per heavy atom. The number of rotatable bonds is 5. The van der Waals surface area contributed by atoms with Gasteiger partial charge in [0, 0.05) is 30.4 Å². The molecule has 0 atom stereocenters. The van der Waals surface area contributed by atoms with Gasteiger partial charge in [0.25, 0.3) is 5.56 Å². The van der Waals surface area contributed by atoms with Gasteiger partial charge in [0.1, 0.15) is 11.2 Å². The van der Waals surface area contributed by atoms with Crippen molar-refractivity contribution in [1.82, 2.24) is 34.2 Å². The predicted molar refractivity (Wildman–Crippen MR) is 137 cm³/mol. The molecule has 35 heavy (non-hydrogen) atoms. The summed E-state index contributed by atoms with van der Waals surface area (Å²) in [7, 11) is 2.09. The third kappa shape index (κ3) is 4.35. The van der Waals surface area contributed by atoms with E-state index in [1.807, 2.05) is 24.3 Å². The molecule has 1 aliphatic heterocycles. The second-order valence-electron chi connectivity index (χ2n) is 9.96. The second kappa shape index (κ2) is 8.74. The molecular weight excluding hydrogens is 440 g/mol. The van der Waals surface area contributed by atoms with Crippen LogP contribution < -0.4 is 10.9 Å². The lowest BCUT2D eigenvalue weighted by Crippen LogP contribution is -2.27. The molecule has 9 nitrogen and oxygen atoms in total. The highest BCUT2D eigenvalue weighted by molar-refractivity contribution is 5.76. The SMILES string of the molecule is C=CCn1c(=O)c2cnc(Nc3ccc4c(n3)CN(C)CC4)nc2n1-c1cccc(C(C)(C)C)n1. The van der Waals surface area contributed by atoms with Gasteiger partial charge in [-0.05, 0) is 37.2 Å². The van der Waals surface area contributed by atoms with Crippen LogP contribution in [0.1, 0.15) is 37.7 Å². The zero-order valence-electron chi connectivity index (χ0n) is 20.6. The summed E-state index contributed by atoms with van der Waals surface area (Å²) < 4.78 is 3.33. The molecule has 0 aromatic carbocycles. The number of allylic oxidation sites excluding steroid dienone is 1.